The smallest absolute Gasteiger partial charge is 0.250 e. The Labute approximate surface area is 135 Å². The molecule has 1 N–H and O–H groups in total. The van der Waals surface area contributed by atoms with Crippen LogP contribution in [0.15, 0.2) is 47.5 Å². The SMILES string of the molecule is CC(C)COc1ccc(NC(=O)CCn2ccccc2=O)cn1. The molecule has 6 heteroatoms. The van der Waals surface area contributed by atoms with Crippen LogP contribution in [0.25, 0.3) is 0 Å². The first-order valence-corrected chi connectivity index (χ1v) is 7.59. The van der Waals surface area contributed by atoms with Crippen molar-refractivity contribution in [3.05, 3.63) is 53.1 Å². The van der Waals surface area contributed by atoms with Crippen molar-refractivity contribution in [3.63, 3.8) is 0 Å². The highest BCUT2D eigenvalue weighted by molar-refractivity contribution is 5.90. The van der Waals surface area contributed by atoms with Crippen molar-refractivity contribution in [1.82, 2.24) is 9.55 Å². The number of nitrogens with one attached hydrogen (secondary N) is 1. The van der Waals surface area contributed by atoms with Gasteiger partial charge in [0.15, 0.2) is 0 Å². The van der Waals surface area contributed by atoms with Crippen LogP contribution in [0.1, 0.15) is 20.3 Å². The van der Waals surface area contributed by atoms with E-state index >= 15 is 0 Å². The summed E-state index contributed by atoms with van der Waals surface area (Å²) in [7, 11) is 0. The van der Waals surface area contributed by atoms with E-state index in [1.807, 2.05) is 0 Å². The summed E-state index contributed by atoms with van der Waals surface area (Å²) in [5, 5.41) is 2.75. The Balaban J connectivity index is 1.83. The molecule has 2 rings (SSSR count). The molecular formula is C17H21N3O3. The van der Waals surface area contributed by atoms with Gasteiger partial charge in [0.2, 0.25) is 11.8 Å². The van der Waals surface area contributed by atoms with Gasteiger partial charge in [-0.3, -0.25) is 9.59 Å². The monoisotopic (exact) mass is 315 g/mol. The van der Waals surface area contributed by atoms with Crippen LogP contribution in [-0.4, -0.2) is 22.1 Å². The topological polar surface area (TPSA) is 73.2 Å². The summed E-state index contributed by atoms with van der Waals surface area (Å²) in [4.78, 5) is 27.6. The molecule has 0 aliphatic rings. The summed E-state index contributed by atoms with van der Waals surface area (Å²) in [6, 6.07) is 8.37. The third-order valence-electron chi connectivity index (χ3n) is 3.06. The Morgan fingerprint density at radius 1 is 1.30 bits per heavy atom. The highest BCUT2D eigenvalue weighted by Gasteiger charge is 2.05. The number of aryl methyl sites for hydroxylation is 1. The average molecular weight is 315 g/mol. The maximum absolute atomic E-state index is 11.9. The zero-order valence-electron chi connectivity index (χ0n) is 13.4. The first-order valence-electron chi connectivity index (χ1n) is 7.59. The number of hydrogen-bond acceptors (Lipinski definition) is 4. The lowest BCUT2D eigenvalue weighted by Crippen LogP contribution is -2.21. The summed E-state index contributed by atoms with van der Waals surface area (Å²) in [5.74, 6) is 0.795. The molecule has 2 aromatic heterocycles. The van der Waals surface area contributed by atoms with Crippen LogP contribution in [0.2, 0.25) is 0 Å². The molecule has 0 radical (unpaired) electrons. The number of carbonyl (C=O) groups is 1. The highest BCUT2D eigenvalue weighted by atomic mass is 16.5. The van der Waals surface area contributed by atoms with Gasteiger partial charge >= 0.3 is 0 Å². The van der Waals surface area contributed by atoms with E-state index in [2.05, 4.69) is 24.1 Å². The zero-order valence-corrected chi connectivity index (χ0v) is 13.4. The highest BCUT2D eigenvalue weighted by Crippen LogP contribution is 2.12. The molecule has 2 heterocycles. The van der Waals surface area contributed by atoms with Crippen molar-refractivity contribution in [1.29, 1.82) is 0 Å². The van der Waals surface area contributed by atoms with Crippen LogP contribution in [0.3, 0.4) is 0 Å². The number of carbonyl (C=O) groups excluding carboxylic acids is 1. The lowest BCUT2D eigenvalue weighted by Gasteiger charge is -2.09. The molecule has 2 aromatic rings. The Bertz CT molecular complexity index is 693. The molecule has 0 saturated heterocycles. The van der Waals surface area contributed by atoms with Crippen LogP contribution in [0.5, 0.6) is 5.88 Å². The molecule has 1 amide bonds. The number of nitrogens with zero attached hydrogens (tertiary/aromatic N) is 2. The Morgan fingerprint density at radius 2 is 2.13 bits per heavy atom. The summed E-state index contributed by atoms with van der Waals surface area (Å²) >= 11 is 0. The fraction of sp³-hybridized carbons (Fsp3) is 0.353. The van der Waals surface area contributed by atoms with Crippen molar-refractivity contribution in [2.24, 2.45) is 5.92 Å². The van der Waals surface area contributed by atoms with E-state index in [1.54, 1.807) is 36.7 Å². The van der Waals surface area contributed by atoms with Gasteiger partial charge < -0.3 is 14.6 Å². The molecular weight excluding hydrogens is 294 g/mol. The molecule has 0 bridgehead atoms. The summed E-state index contributed by atoms with van der Waals surface area (Å²) in [6.07, 6.45) is 3.44. The first kappa shape index (κ1) is 16.7. The minimum absolute atomic E-state index is 0.117. The quantitative estimate of drug-likeness (QED) is 0.851. The van der Waals surface area contributed by atoms with E-state index in [4.69, 9.17) is 4.74 Å². The molecule has 6 nitrogen and oxygen atoms in total. The van der Waals surface area contributed by atoms with Crippen molar-refractivity contribution >= 4 is 11.6 Å². The predicted molar refractivity (Wildman–Crippen MR) is 88.5 cm³/mol. The second-order valence-corrected chi connectivity index (χ2v) is 5.62. The van der Waals surface area contributed by atoms with E-state index in [9.17, 15) is 9.59 Å². The van der Waals surface area contributed by atoms with Gasteiger partial charge in [0.25, 0.3) is 5.56 Å². The molecule has 122 valence electrons. The first-order chi connectivity index (χ1) is 11.0. The molecule has 0 aliphatic heterocycles. The normalized spacial score (nSPS) is 10.6. The van der Waals surface area contributed by atoms with E-state index < -0.39 is 0 Å². The van der Waals surface area contributed by atoms with Gasteiger partial charge in [-0.25, -0.2) is 4.98 Å². The zero-order chi connectivity index (χ0) is 16.7. The molecule has 0 saturated carbocycles. The number of ether oxygens (including phenoxy) is 1. The number of pyridine rings is 2. The van der Waals surface area contributed by atoms with Gasteiger partial charge in [-0.1, -0.05) is 19.9 Å². The lowest BCUT2D eigenvalue weighted by atomic mass is 10.2. The maximum Gasteiger partial charge on any atom is 0.250 e. The number of rotatable bonds is 7. The molecule has 0 unspecified atom stereocenters. The number of amides is 1. The van der Waals surface area contributed by atoms with Crippen molar-refractivity contribution in [2.45, 2.75) is 26.8 Å². The van der Waals surface area contributed by atoms with Gasteiger partial charge in [0, 0.05) is 31.3 Å². The van der Waals surface area contributed by atoms with E-state index in [0.717, 1.165) is 0 Å². The Morgan fingerprint density at radius 3 is 2.78 bits per heavy atom. The van der Waals surface area contributed by atoms with E-state index in [-0.39, 0.29) is 17.9 Å². The third kappa shape index (κ3) is 5.58. The molecule has 0 aliphatic carbocycles. The van der Waals surface area contributed by atoms with Crippen molar-refractivity contribution in [3.8, 4) is 5.88 Å². The maximum atomic E-state index is 11.9. The van der Waals surface area contributed by atoms with E-state index in [0.29, 0.717) is 30.6 Å². The van der Waals surface area contributed by atoms with Crippen molar-refractivity contribution in [2.75, 3.05) is 11.9 Å². The Hall–Kier alpha value is -2.63. The van der Waals surface area contributed by atoms with Gasteiger partial charge in [0.05, 0.1) is 18.5 Å². The fourth-order valence-corrected chi connectivity index (χ4v) is 1.88. The summed E-state index contributed by atoms with van der Waals surface area (Å²) in [6.45, 7) is 5.07. The van der Waals surface area contributed by atoms with Crippen LogP contribution in [-0.2, 0) is 11.3 Å². The van der Waals surface area contributed by atoms with Gasteiger partial charge in [-0.05, 0) is 18.1 Å². The van der Waals surface area contributed by atoms with Crippen molar-refractivity contribution < 1.29 is 9.53 Å². The molecule has 23 heavy (non-hydrogen) atoms. The molecule has 0 spiro atoms. The largest absolute Gasteiger partial charge is 0.477 e. The van der Waals surface area contributed by atoms with Crippen LogP contribution in [0.4, 0.5) is 5.69 Å². The predicted octanol–water partition coefficient (Wildman–Crippen LogP) is 2.31. The molecule has 0 aromatic carbocycles. The van der Waals surface area contributed by atoms with Gasteiger partial charge in [-0.15, -0.1) is 0 Å². The minimum Gasteiger partial charge on any atom is -0.477 e. The molecule has 0 atom stereocenters. The average Bonchev–Trinajstić information content (AvgIpc) is 2.53. The second-order valence-electron chi connectivity index (χ2n) is 5.62. The summed E-state index contributed by atoms with van der Waals surface area (Å²) < 4.78 is 6.98. The second kappa shape index (κ2) is 8.12. The molecule has 0 fully saturated rings. The third-order valence-corrected chi connectivity index (χ3v) is 3.06. The summed E-state index contributed by atoms with van der Waals surface area (Å²) in [5.41, 5.74) is 0.487. The number of anilines is 1. The van der Waals surface area contributed by atoms with Crippen LogP contribution < -0.4 is 15.6 Å². The van der Waals surface area contributed by atoms with Crippen LogP contribution in [0, 0.1) is 5.92 Å². The van der Waals surface area contributed by atoms with E-state index in [1.165, 1.54) is 10.6 Å². The van der Waals surface area contributed by atoms with Crippen LogP contribution >= 0.6 is 0 Å². The van der Waals surface area contributed by atoms with Gasteiger partial charge in [0.1, 0.15) is 0 Å². The standard InChI is InChI=1S/C17H21N3O3/c1-13(2)12-23-16-7-6-14(11-18-16)19-15(21)8-10-20-9-4-3-5-17(20)22/h3-7,9,11,13H,8,10,12H2,1-2H3,(H,19,21). The Kier molecular flexibility index (Phi) is 5.91. The number of hydrogen-bond donors (Lipinski definition) is 1. The van der Waals surface area contributed by atoms with Gasteiger partial charge in [-0.2, -0.15) is 0 Å². The number of aromatic nitrogens is 2. The fourth-order valence-electron chi connectivity index (χ4n) is 1.88. The minimum atomic E-state index is -0.168. The lowest BCUT2D eigenvalue weighted by molar-refractivity contribution is -0.116.